The quantitative estimate of drug-likeness (QED) is 0.810. The van der Waals surface area contributed by atoms with E-state index >= 15 is 0 Å². The molecule has 0 aromatic heterocycles. The van der Waals surface area contributed by atoms with Gasteiger partial charge in [-0.25, -0.2) is 0 Å². The van der Waals surface area contributed by atoms with Crippen LogP contribution < -0.4 is 0 Å². The fourth-order valence-corrected chi connectivity index (χ4v) is 2.27. The predicted octanol–water partition coefficient (Wildman–Crippen LogP) is 1.52. The van der Waals surface area contributed by atoms with Crippen LogP contribution in [0.25, 0.3) is 0 Å². The molecule has 1 saturated heterocycles. The summed E-state index contributed by atoms with van der Waals surface area (Å²) < 4.78 is 5.29. The topological polar surface area (TPSA) is 66.8 Å². The molecule has 0 spiro atoms. The van der Waals surface area contributed by atoms with Crippen molar-refractivity contribution in [2.24, 2.45) is 5.41 Å². The van der Waals surface area contributed by atoms with E-state index in [0.29, 0.717) is 39.1 Å². The molecule has 0 radical (unpaired) electrons. The van der Waals surface area contributed by atoms with Crippen molar-refractivity contribution in [1.29, 1.82) is 0 Å². The number of amides is 1. The van der Waals surface area contributed by atoms with Gasteiger partial charge in [0.25, 0.3) is 0 Å². The van der Waals surface area contributed by atoms with E-state index in [-0.39, 0.29) is 12.3 Å². The molecule has 1 amide bonds. The number of carboxylic acid groups (broad SMARTS) is 1. The molecular weight excluding hydrogens is 234 g/mol. The van der Waals surface area contributed by atoms with Gasteiger partial charge < -0.3 is 14.7 Å². The van der Waals surface area contributed by atoms with E-state index in [1.807, 2.05) is 13.8 Å². The first-order valence-electron chi connectivity index (χ1n) is 6.64. The summed E-state index contributed by atoms with van der Waals surface area (Å²) in [7, 11) is 0. The lowest BCUT2D eigenvalue weighted by Gasteiger charge is -2.29. The van der Waals surface area contributed by atoms with Crippen molar-refractivity contribution in [3.05, 3.63) is 0 Å². The van der Waals surface area contributed by atoms with E-state index in [1.54, 1.807) is 4.90 Å². The Morgan fingerprint density at radius 3 is 2.44 bits per heavy atom. The molecule has 104 valence electrons. The first-order chi connectivity index (χ1) is 8.55. The third-order valence-corrected chi connectivity index (χ3v) is 3.87. The van der Waals surface area contributed by atoms with Crippen molar-refractivity contribution in [2.75, 3.05) is 26.3 Å². The minimum atomic E-state index is -0.912. The fourth-order valence-electron chi connectivity index (χ4n) is 2.27. The second kappa shape index (κ2) is 6.73. The third kappa shape index (κ3) is 3.45. The molecule has 0 aromatic rings. The molecule has 1 rings (SSSR count). The second-order valence-electron chi connectivity index (χ2n) is 4.82. The molecule has 18 heavy (non-hydrogen) atoms. The Morgan fingerprint density at radius 2 is 1.89 bits per heavy atom. The van der Waals surface area contributed by atoms with Crippen molar-refractivity contribution >= 4 is 11.9 Å². The molecule has 1 aliphatic rings. The zero-order valence-corrected chi connectivity index (χ0v) is 11.3. The Kier molecular flexibility index (Phi) is 5.59. The molecule has 1 fully saturated rings. The SMILES string of the molecule is CCC(CC)(CC(=O)N1CCCOCC1)C(=O)O. The number of ether oxygens (including phenoxy) is 1. The highest BCUT2D eigenvalue weighted by Gasteiger charge is 2.38. The van der Waals surface area contributed by atoms with Crippen LogP contribution in [-0.2, 0) is 14.3 Å². The van der Waals surface area contributed by atoms with Crippen molar-refractivity contribution < 1.29 is 19.4 Å². The zero-order chi connectivity index (χ0) is 13.6. The average molecular weight is 257 g/mol. The first-order valence-corrected chi connectivity index (χ1v) is 6.64. The number of aliphatic carboxylic acids is 1. The molecule has 0 unspecified atom stereocenters. The van der Waals surface area contributed by atoms with Gasteiger partial charge in [-0.1, -0.05) is 13.8 Å². The summed E-state index contributed by atoms with van der Waals surface area (Å²) in [5.41, 5.74) is -0.912. The minimum absolute atomic E-state index is 0.0633. The van der Waals surface area contributed by atoms with Crippen LogP contribution in [0.2, 0.25) is 0 Å². The maximum atomic E-state index is 12.2. The summed E-state index contributed by atoms with van der Waals surface area (Å²) in [6, 6.07) is 0. The van der Waals surface area contributed by atoms with E-state index in [4.69, 9.17) is 4.74 Å². The number of carbonyl (C=O) groups excluding carboxylic acids is 1. The van der Waals surface area contributed by atoms with Crippen molar-refractivity contribution in [1.82, 2.24) is 4.90 Å². The smallest absolute Gasteiger partial charge is 0.310 e. The summed E-state index contributed by atoms with van der Waals surface area (Å²) in [4.78, 5) is 25.3. The number of carbonyl (C=O) groups is 2. The highest BCUT2D eigenvalue weighted by Crippen LogP contribution is 2.31. The second-order valence-corrected chi connectivity index (χ2v) is 4.82. The van der Waals surface area contributed by atoms with Gasteiger partial charge in [-0.2, -0.15) is 0 Å². The molecule has 0 aliphatic carbocycles. The molecular formula is C13H23NO4. The van der Waals surface area contributed by atoms with Crippen LogP contribution in [0.5, 0.6) is 0 Å². The Bertz CT molecular complexity index is 291. The zero-order valence-electron chi connectivity index (χ0n) is 11.3. The molecule has 1 N–H and O–H groups in total. The highest BCUT2D eigenvalue weighted by atomic mass is 16.5. The summed E-state index contributed by atoms with van der Waals surface area (Å²) >= 11 is 0. The number of nitrogens with zero attached hydrogens (tertiary/aromatic N) is 1. The van der Waals surface area contributed by atoms with E-state index in [2.05, 4.69) is 0 Å². The van der Waals surface area contributed by atoms with Gasteiger partial charge >= 0.3 is 5.97 Å². The van der Waals surface area contributed by atoms with Crippen LogP contribution in [0.4, 0.5) is 0 Å². The molecule has 5 nitrogen and oxygen atoms in total. The van der Waals surface area contributed by atoms with Crippen LogP contribution in [0, 0.1) is 5.41 Å². The lowest BCUT2D eigenvalue weighted by molar-refractivity contribution is -0.154. The Labute approximate surface area is 108 Å². The third-order valence-electron chi connectivity index (χ3n) is 3.87. The Hall–Kier alpha value is -1.10. The number of hydrogen-bond donors (Lipinski definition) is 1. The van der Waals surface area contributed by atoms with Crippen LogP contribution >= 0.6 is 0 Å². The lowest BCUT2D eigenvalue weighted by Crippen LogP contribution is -2.40. The van der Waals surface area contributed by atoms with Crippen LogP contribution in [-0.4, -0.2) is 48.2 Å². The number of rotatable bonds is 5. The summed E-state index contributed by atoms with van der Waals surface area (Å²) in [6.07, 6.45) is 1.88. The maximum Gasteiger partial charge on any atom is 0.310 e. The van der Waals surface area contributed by atoms with Crippen molar-refractivity contribution in [2.45, 2.75) is 39.5 Å². The van der Waals surface area contributed by atoms with Gasteiger partial charge in [-0.05, 0) is 19.3 Å². The summed E-state index contributed by atoms with van der Waals surface area (Å²) in [6.45, 7) is 6.12. The van der Waals surface area contributed by atoms with Gasteiger partial charge in [0.1, 0.15) is 0 Å². The molecule has 0 atom stereocenters. The molecule has 1 heterocycles. The predicted molar refractivity (Wildman–Crippen MR) is 67.3 cm³/mol. The van der Waals surface area contributed by atoms with E-state index in [9.17, 15) is 14.7 Å². The van der Waals surface area contributed by atoms with Crippen molar-refractivity contribution in [3.63, 3.8) is 0 Å². The number of hydrogen-bond acceptors (Lipinski definition) is 3. The largest absolute Gasteiger partial charge is 0.481 e. The van der Waals surface area contributed by atoms with Gasteiger partial charge in [0.2, 0.25) is 5.91 Å². The first kappa shape index (κ1) is 15.0. The van der Waals surface area contributed by atoms with Crippen LogP contribution in [0.3, 0.4) is 0 Å². The molecule has 0 aromatic carbocycles. The molecule has 1 aliphatic heterocycles. The molecule has 0 saturated carbocycles. The lowest BCUT2D eigenvalue weighted by atomic mass is 9.79. The van der Waals surface area contributed by atoms with Crippen LogP contribution in [0.15, 0.2) is 0 Å². The average Bonchev–Trinajstić information content (AvgIpc) is 2.64. The van der Waals surface area contributed by atoms with Gasteiger partial charge in [-0.3, -0.25) is 9.59 Å². The van der Waals surface area contributed by atoms with Gasteiger partial charge in [0, 0.05) is 26.1 Å². The maximum absolute atomic E-state index is 12.2. The minimum Gasteiger partial charge on any atom is -0.481 e. The van der Waals surface area contributed by atoms with E-state index in [1.165, 1.54) is 0 Å². The van der Waals surface area contributed by atoms with E-state index in [0.717, 1.165) is 6.42 Å². The van der Waals surface area contributed by atoms with Gasteiger partial charge in [-0.15, -0.1) is 0 Å². The summed E-state index contributed by atoms with van der Waals surface area (Å²) in [5.74, 6) is -0.932. The Morgan fingerprint density at radius 1 is 1.22 bits per heavy atom. The Balaban J connectivity index is 2.68. The van der Waals surface area contributed by atoms with Gasteiger partial charge in [0.05, 0.1) is 12.0 Å². The normalized spacial score (nSPS) is 17.3. The number of carboxylic acids is 1. The van der Waals surface area contributed by atoms with Crippen molar-refractivity contribution in [3.8, 4) is 0 Å². The van der Waals surface area contributed by atoms with E-state index < -0.39 is 11.4 Å². The monoisotopic (exact) mass is 257 g/mol. The van der Waals surface area contributed by atoms with Crippen LogP contribution in [0.1, 0.15) is 39.5 Å². The fraction of sp³-hybridized carbons (Fsp3) is 0.846. The molecule has 5 heteroatoms. The summed E-state index contributed by atoms with van der Waals surface area (Å²) in [5, 5.41) is 9.33. The standard InChI is InChI=1S/C13H23NO4/c1-3-13(4-2,12(16)17)10-11(15)14-6-5-8-18-9-7-14/h3-10H2,1-2H3,(H,16,17). The highest BCUT2D eigenvalue weighted by molar-refractivity contribution is 5.85. The molecule has 0 bridgehead atoms. The van der Waals surface area contributed by atoms with Gasteiger partial charge in [0.15, 0.2) is 0 Å².